The van der Waals surface area contributed by atoms with E-state index in [0.29, 0.717) is 12.3 Å². The van der Waals surface area contributed by atoms with Crippen LogP contribution in [0.25, 0.3) is 0 Å². The number of hydrogen-bond donors (Lipinski definition) is 1. The molecular weight excluding hydrogens is 254 g/mol. The third-order valence-corrected chi connectivity index (χ3v) is 4.93. The topological polar surface area (TPSA) is 52.7 Å². The third-order valence-electron chi connectivity index (χ3n) is 4.93. The van der Waals surface area contributed by atoms with Crippen molar-refractivity contribution >= 4 is 11.8 Å². The first kappa shape index (κ1) is 13.9. The minimum Gasteiger partial charge on any atom is -0.342 e. The maximum absolute atomic E-state index is 12.8. The standard InChI is InChI=1S/C15H25N3O2/c1-3-12-14(19)16-13(10-6-7-10)15(20)18(12)11-5-4-8-17(2)9-11/h10-13H,3-9H2,1-2H3,(H,16,19). The molecule has 0 aromatic rings. The van der Waals surface area contributed by atoms with Crippen LogP contribution in [0.1, 0.15) is 39.0 Å². The molecule has 0 aromatic carbocycles. The first-order valence-corrected chi connectivity index (χ1v) is 7.93. The summed E-state index contributed by atoms with van der Waals surface area (Å²) in [6, 6.07) is -0.315. The SMILES string of the molecule is CCC1C(=O)NC(C2CC2)C(=O)N1C1CCCN(C)C1. The number of nitrogens with zero attached hydrogens (tertiary/aromatic N) is 2. The van der Waals surface area contributed by atoms with Crippen LogP contribution in [0.15, 0.2) is 0 Å². The van der Waals surface area contributed by atoms with Crippen molar-refractivity contribution in [3.8, 4) is 0 Å². The summed E-state index contributed by atoms with van der Waals surface area (Å²) >= 11 is 0. The van der Waals surface area contributed by atoms with E-state index in [0.717, 1.165) is 38.8 Å². The molecule has 0 bridgehead atoms. The second-order valence-electron chi connectivity index (χ2n) is 6.55. The lowest BCUT2D eigenvalue weighted by Crippen LogP contribution is -2.67. The Kier molecular flexibility index (Phi) is 3.71. The van der Waals surface area contributed by atoms with E-state index < -0.39 is 0 Å². The van der Waals surface area contributed by atoms with E-state index in [1.165, 1.54) is 0 Å². The average Bonchev–Trinajstić information content (AvgIpc) is 3.24. The van der Waals surface area contributed by atoms with E-state index >= 15 is 0 Å². The van der Waals surface area contributed by atoms with Crippen molar-refractivity contribution in [2.24, 2.45) is 5.92 Å². The molecule has 0 spiro atoms. The molecule has 2 saturated heterocycles. The largest absolute Gasteiger partial charge is 0.342 e. The molecule has 3 aliphatic rings. The zero-order valence-electron chi connectivity index (χ0n) is 12.5. The number of piperidine rings is 1. The zero-order valence-corrected chi connectivity index (χ0v) is 12.5. The summed E-state index contributed by atoms with van der Waals surface area (Å²) in [6.45, 7) is 3.98. The fourth-order valence-electron chi connectivity index (χ4n) is 3.68. The summed E-state index contributed by atoms with van der Waals surface area (Å²) in [6.07, 6.45) is 4.99. The van der Waals surface area contributed by atoms with E-state index in [-0.39, 0.29) is 29.9 Å². The van der Waals surface area contributed by atoms with Gasteiger partial charge in [0.15, 0.2) is 0 Å². The van der Waals surface area contributed by atoms with Crippen molar-refractivity contribution in [2.75, 3.05) is 20.1 Å². The Labute approximate surface area is 120 Å². The molecule has 3 rings (SSSR count). The number of hydrogen-bond acceptors (Lipinski definition) is 3. The van der Waals surface area contributed by atoms with E-state index in [4.69, 9.17) is 0 Å². The molecule has 112 valence electrons. The first-order valence-electron chi connectivity index (χ1n) is 7.93. The van der Waals surface area contributed by atoms with Gasteiger partial charge in [0, 0.05) is 12.6 Å². The molecule has 3 fully saturated rings. The van der Waals surface area contributed by atoms with Crippen LogP contribution >= 0.6 is 0 Å². The van der Waals surface area contributed by atoms with Gasteiger partial charge in [-0.15, -0.1) is 0 Å². The number of nitrogens with one attached hydrogen (secondary N) is 1. The Morgan fingerprint density at radius 1 is 1.25 bits per heavy atom. The Bertz CT molecular complexity index is 408. The molecule has 0 aromatic heterocycles. The van der Waals surface area contributed by atoms with Crippen LogP contribution in [0, 0.1) is 5.92 Å². The van der Waals surface area contributed by atoms with E-state index in [2.05, 4.69) is 17.3 Å². The third kappa shape index (κ3) is 2.43. The van der Waals surface area contributed by atoms with Gasteiger partial charge in [-0.2, -0.15) is 0 Å². The van der Waals surface area contributed by atoms with E-state index in [9.17, 15) is 9.59 Å². The Morgan fingerprint density at radius 2 is 2.00 bits per heavy atom. The van der Waals surface area contributed by atoms with Crippen LogP contribution in [0.4, 0.5) is 0 Å². The summed E-state index contributed by atoms with van der Waals surface area (Å²) in [5.74, 6) is 0.601. The van der Waals surface area contributed by atoms with Crippen LogP contribution in [-0.4, -0.2) is 59.9 Å². The van der Waals surface area contributed by atoms with Crippen molar-refractivity contribution in [1.82, 2.24) is 15.1 Å². The van der Waals surface area contributed by atoms with Crippen LogP contribution in [0.2, 0.25) is 0 Å². The minimum absolute atomic E-state index is 0.0530. The summed E-state index contributed by atoms with van der Waals surface area (Å²) in [7, 11) is 2.10. The number of likely N-dealkylation sites (tertiary alicyclic amines) is 1. The van der Waals surface area contributed by atoms with Gasteiger partial charge in [0.25, 0.3) is 0 Å². The molecule has 20 heavy (non-hydrogen) atoms. The summed E-state index contributed by atoms with van der Waals surface area (Å²) in [5.41, 5.74) is 0. The second kappa shape index (κ2) is 5.35. The van der Waals surface area contributed by atoms with Gasteiger partial charge in [-0.05, 0) is 51.6 Å². The summed E-state index contributed by atoms with van der Waals surface area (Å²) in [5, 5.41) is 2.97. The van der Waals surface area contributed by atoms with Gasteiger partial charge in [-0.1, -0.05) is 6.92 Å². The maximum Gasteiger partial charge on any atom is 0.246 e. The number of likely N-dealkylation sites (N-methyl/N-ethyl adjacent to an activating group) is 1. The van der Waals surface area contributed by atoms with Gasteiger partial charge >= 0.3 is 0 Å². The molecule has 5 nitrogen and oxygen atoms in total. The fraction of sp³-hybridized carbons (Fsp3) is 0.867. The second-order valence-corrected chi connectivity index (χ2v) is 6.55. The van der Waals surface area contributed by atoms with Crippen LogP contribution in [0.5, 0.6) is 0 Å². The highest BCUT2D eigenvalue weighted by atomic mass is 16.2. The number of carbonyl (C=O) groups excluding carboxylic acids is 2. The fourth-order valence-corrected chi connectivity index (χ4v) is 3.68. The smallest absolute Gasteiger partial charge is 0.246 e. The maximum atomic E-state index is 12.8. The van der Waals surface area contributed by atoms with Gasteiger partial charge in [-0.3, -0.25) is 9.59 Å². The zero-order chi connectivity index (χ0) is 14.3. The van der Waals surface area contributed by atoms with Gasteiger partial charge in [0.1, 0.15) is 12.1 Å². The quantitative estimate of drug-likeness (QED) is 0.823. The lowest BCUT2D eigenvalue weighted by atomic mass is 9.95. The minimum atomic E-state index is -0.269. The van der Waals surface area contributed by atoms with Gasteiger partial charge < -0.3 is 15.1 Å². The monoisotopic (exact) mass is 279 g/mol. The molecule has 3 unspecified atom stereocenters. The first-order chi connectivity index (χ1) is 9.61. The molecule has 1 saturated carbocycles. The van der Waals surface area contributed by atoms with Crippen LogP contribution in [-0.2, 0) is 9.59 Å². The number of piperazine rings is 1. The molecule has 2 amide bonds. The molecular formula is C15H25N3O2. The number of carbonyl (C=O) groups is 2. The van der Waals surface area contributed by atoms with Gasteiger partial charge in [-0.25, -0.2) is 0 Å². The number of amides is 2. The molecule has 5 heteroatoms. The van der Waals surface area contributed by atoms with Gasteiger partial charge in [0.05, 0.1) is 0 Å². The molecule has 0 radical (unpaired) electrons. The lowest BCUT2D eigenvalue weighted by molar-refractivity contribution is -0.154. The molecule has 1 N–H and O–H groups in total. The van der Waals surface area contributed by atoms with Crippen molar-refractivity contribution in [3.05, 3.63) is 0 Å². The highest BCUT2D eigenvalue weighted by molar-refractivity contribution is 5.97. The highest BCUT2D eigenvalue weighted by Gasteiger charge is 2.48. The average molecular weight is 279 g/mol. The van der Waals surface area contributed by atoms with E-state index in [1.54, 1.807) is 0 Å². The van der Waals surface area contributed by atoms with Gasteiger partial charge in [0.2, 0.25) is 11.8 Å². The Hall–Kier alpha value is -1.10. The Morgan fingerprint density at radius 3 is 2.60 bits per heavy atom. The summed E-state index contributed by atoms with van der Waals surface area (Å²) < 4.78 is 0. The van der Waals surface area contributed by atoms with Crippen LogP contribution in [0.3, 0.4) is 0 Å². The molecule has 1 aliphatic carbocycles. The Balaban J connectivity index is 1.82. The van der Waals surface area contributed by atoms with Crippen LogP contribution < -0.4 is 5.32 Å². The number of rotatable bonds is 3. The predicted octanol–water partition coefficient (Wildman–Crippen LogP) is 0.596. The van der Waals surface area contributed by atoms with Crippen molar-refractivity contribution in [2.45, 2.75) is 57.2 Å². The molecule has 3 atom stereocenters. The molecule has 2 aliphatic heterocycles. The normalized spacial score (nSPS) is 36.1. The lowest BCUT2D eigenvalue weighted by Gasteiger charge is -2.46. The summed E-state index contributed by atoms with van der Waals surface area (Å²) in [4.78, 5) is 29.3. The van der Waals surface area contributed by atoms with Crippen molar-refractivity contribution < 1.29 is 9.59 Å². The van der Waals surface area contributed by atoms with E-state index in [1.807, 2.05) is 11.8 Å². The highest BCUT2D eigenvalue weighted by Crippen LogP contribution is 2.36. The molecule has 2 heterocycles. The van der Waals surface area contributed by atoms with Crippen molar-refractivity contribution in [1.29, 1.82) is 0 Å². The van der Waals surface area contributed by atoms with Crippen molar-refractivity contribution in [3.63, 3.8) is 0 Å². The predicted molar refractivity (Wildman–Crippen MR) is 76.1 cm³/mol.